The topological polar surface area (TPSA) is 38.8 Å². The number of esters is 1. The van der Waals surface area contributed by atoms with E-state index in [9.17, 15) is 4.79 Å². The second kappa shape index (κ2) is 6.53. The summed E-state index contributed by atoms with van der Waals surface area (Å²) in [4.78, 5) is 13.2. The summed E-state index contributed by atoms with van der Waals surface area (Å²) in [6, 6.07) is 0.469. The predicted molar refractivity (Wildman–Crippen MR) is 61.9 cm³/mol. The zero-order valence-electron chi connectivity index (χ0n) is 10.3. The van der Waals surface area contributed by atoms with Crippen LogP contribution in [-0.4, -0.2) is 44.3 Å². The van der Waals surface area contributed by atoms with Crippen molar-refractivity contribution >= 4 is 5.97 Å². The zero-order chi connectivity index (χ0) is 12.0. The lowest BCUT2D eigenvalue weighted by molar-refractivity contribution is -0.134. The molecule has 1 unspecified atom stereocenters. The lowest BCUT2D eigenvalue weighted by Gasteiger charge is -2.27. The number of hydrogen-bond acceptors (Lipinski definition) is 4. The Morgan fingerprint density at radius 3 is 2.69 bits per heavy atom. The summed E-state index contributed by atoms with van der Waals surface area (Å²) < 4.78 is 9.64. The van der Waals surface area contributed by atoms with E-state index in [2.05, 4.69) is 16.6 Å². The highest BCUT2D eigenvalue weighted by Crippen LogP contribution is 2.35. The minimum atomic E-state index is -0.314. The molecular weight excluding hydrogens is 206 g/mol. The molecule has 0 radical (unpaired) electrons. The number of methoxy groups -OCH3 is 2. The molecule has 92 valence electrons. The Hall–Kier alpha value is -1.03. The fraction of sp³-hybridized carbons (Fsp3) is 0.750. The number of rotatable bonds is 7. The van der Waals surface area contributed by atoms with Gasteiger partial charge in [-0.1, -0.05) is 0 Å². The fourth-order valence-corrected chi connectivity index (χ4v) is 1.68. The van der Waals surface area contributed by atoms with Crippen molar-refractivity contribution in [2.45, 2.75) is 25.8 Å². The number of hydrogen-bond donors (Lipinski definition) is 0. The second-order valence-electron chi connectivity index (χ2n) is 4.15. The van der Waals surface area contributed by atoms with Crippen molar-refractivity contribution in [3.05, 3.63) is 12.3 Å². The van der Waals surface area contributed by atoms with Gasteiger partial charge in [0.2, 0.25) is 0 Å². The van der Waals surface area contributed by atoms with Crippen LogP contribution in [0.3, 0.4) is 0 Å². The zero-order valence-corrected chi connectivity index (χ0v) is 10.3. The largest absolute Gasteiger partial charge is 0.466 e. The third-order valence-corrected chi connectivity index (χ3v) is 2.98. The number of nitrogens with zero attached hydrogens (tertiary/aromatic N) is 1. The molecule has 0 aliphatic heterocycles. The van der Waals surface area contributed by atoms with Crippen LogP contribution in [0.25, 0.3) is 0 Å². The molecular formula is C12H21NO3. The molecule has 0 spiro atoms. The minimum absolute atomic E-state index is 0.314. The molecule has 0 saturated heterocycles. The molecule has 0 aromatic rings. The third-order valence-electron chi connectivity index (χ3n) is 2.98. The van der Waals surface area contributed by atoms with Gasteiger partial charge in [-0.15, -0.1) is 0 Å². The Morgan fingerprint density at radius 1 is 1.50 bits per heavy atom. The fourth-order valence-electron chi connectivity index (χ4n) is 1.68. The van der Waals surface area contributed by atoms with Crippen molar-refractivity contribution in [1.82, 2.24) is 4.90 Å². The van der Waals surface area contributed by atoms with Crippen LogP contribution in [0.15, 0.2) is 12.3 Å². The van der Waals surface area contributed by atoms with Crippen LogP contribution in [0.1, 0.15) is 19.8 Å². The Bertz CT molecular complexity index is 249. The van der Waals surface area contributed by atoms with Crippen LogP contribution >= 0.6 is 0 Å². The summed E-state index contributed by atoms with van der Waals surface area (Å²) in [6.45, 7) is 3.67. The first-order valence-corrected chi connectivity index (χ1v) is 5.70. The second-order valence-corrected chi connectivity index (χ2v) is 4.15. The average Bonchev–Trinajstić information content (AvgIpc) is 3.11. The van der Waals surface area contributed by atoms with Crippen LogP contribution in [0, 0.1) is 5.92 Å². The monoisotopic (exact) mass is 227 g/mol. The number of ether oxygens (including phenoxy) is 2. The number of carbonyl (C=O) groups is 1. The maximum Gasteiger partial charge on any atom is 0.331 e. The SMILES string of the molecule is COCCN(C=CC(=O)OC)C(C)C1CC1. The molecule has 0 bridgehead atoms. The van der Waals surface area contributed by atoms with E-state index in [0.717, 1.165) is 12.5 Å². The maximum atomic E-state index is 11.0. The first-order valence-electron chi connectivity index (χ1n) is 5.70. The summed E-state index contributed by atoms with van der Waals surface area (Å²) in [5, 5.41) is 0. The van der Waals surface area contributed by atoms with Gasteiger partial charge in [0.05, 0.1) is 13.7 Å². The molecule has 1 aliphatic rings. The molecule has 0 aromatic carbocycles. The van der Waals surface area contributed by atoms with Gasteiger partial charge in [0.25, 0.3) is 0 Å². The van der Waals surface area contributed by atoms with E-state index in [1.165, 1.54) is 26.0 Å². The first kappa shape index (κ1) is 13.0. The first-order chi connectivity index (χ1) is 7.69. The molecule has 0 aromatic heterocycles. The summed E-state index contributed by atoms with van der Waals surface area (Å²) in [5.41, 5.74) is 0. The van der Waals surface area contributed by atoms with Crippen molar-refractivity contribution in [3.8, 4) is 0 Å². The molecule has 4 nitrogen and oxygen atoms in total. The van der Waals surface area contributed by atoms with E-state index in [1.807, 2.05) is 6.20 Å². The lowest BCUT2D eigenvalue weighted by Crippen LogP contribution is -2.32. The lowest BCUT2D eigenvalue weighted by atomic mass is 10.2. The maximum absolute atomic E-state index is 11.0. The molecule has 4 heteroatoms. The van der Waals surface area contributed by atoms with Crippen molar-refractivity contribution in [1.29, 1.82) is 0 Å². The molecule has 0 amide bonds. The molecule has 0 N–H and O–H groups in total. The van der Waals surface area contributed by atoms with Gasteiger partial charge in [-0.3, -0.25) is 0 Å². The summed E-state index contributed by atoms with van der Waals surface area (Å²) in [5.74, 6) is 0.449. The van der Waals surface area contributed by atoms with E-state index < -0.39 is 0 Å². The molecule has 1 saturated carbocycles. The molecule has 1 aliphatic carbocycles. The van der Waals surface area contributed by atoms with Crippen molar-refractivity contribution in [3.63, 3.8) is 0 Å². The van der Waals surface area contributed by atoms with Crippen LogP contribution in [0.4, 0.5) is 0 Å². The molecule has 16 heavy (non-hydrogen) atoms. The number of carbonyl (C=O) groups excluding carboxylic acids is 1. The van der Waals surface area contributed by atoms with Crippen molar-refractivity contribution in [2.24, 2.45) is 5.92 Å². The van der Waals surface area contributed by atoms with Crippen molar-refractivity contribution < 1.29 is 14.3 Å². The van der Waals surface area contributed by atoms with Gasteiger partial charge >= 0.3 is 5.97 Å². The van der Waals surface area contributed by atoms with Gasteiger partial charge in [0.15, 0.2) is 0 Å². The van der Waals surface area contributed by atoms with Gasteiger partial charge in [-0.05, 0) is 25.7 Å². The van der Waals surface area contributed by atoms with E-state index >= 15 is 0 Å². The van der Waals surface area contributed by atoms with Gasteiger partial charge in [0, 0.05) is 32.0 Å². The van der Waals surface area contributed by atoms with Crippen LogP contribution < -0.4 is 0 Å². The Labute approximate surface area is 97.2 Å². The van der Waals surface area contributed by atoms with Gasteiger partial charge in [0.1, 0.15) is 0 Å². The van der Waals surface area contributed by atoms with Gasteiger partial charge in [-0.2, -0.15) is 0 Å². The molecule has 1 rings (SSSR count). The Balaban J connectivity index is 2.48. The Morgan fingerprint density at radius 2 is 2.19 bits per heavy atom. The Kier molecular flexibility index (Phi) is 5.32. The highest BCUT2D eigenvalue weighted by atomic mass is 16.5. The van der Waals surface area contributed by atoms with Crippen LogP contribution in [-0.2, 0) is 14.3 Å². The average molecular weight is 227 g/mol. The van der Waals surface area contributed by atoms with Gasteiger partial charge < -0.3 is 14.4 Å². The standard InChI is InChI=1S/C12H21NO3/c1-10(11-4-5-11)13(8-9-15-2)7-6-12(14)16-3/h6-7,10-11H,4-5,8-9H2,1-3H3. The summed E-state index contributed by atoms with van der Waals surface area (Å²) >= 11 is 0. The third kappa shape index (κ3) is 4.23. The van der Waals surface area contributed by atoms with E-state index in [-0.39, 0.29) is 5.97 Å². The molecule has 0 heterocycles. The molecule has 1 fully saturated rings. The minimum Gasteiger partial charge on any atom is -0.466 e. The highest BCUT2D eigenvalue weighted by molar-refractivity contribution is 5.81. The normalized spacial score (nSPS) is 17.4. The van der Waals surface area contributed by atoms with E-state index in [1.54, 1.807) is 7.11 Å². The summed E-state index contributed by atoms with van der Waals surface area (Å²) in [6.07, 6.45) is 5.86. The summed E-state index contributed by atoms with van der Waals surface area (Å²) in [7, 11) is 3.07. The van der Waals surface area contributed by atoms with Crippen LogP contribution in [0.5, 0.6) is 0 Å². The highest BCUT2D eigenvalue weighted by Gasteiger charge is 2.30. The predicted octanol–water partition coefficient (Wildman–Crippen LogP) is 1.42. The van der Waals surface area contributed by atoms with E-state index in [4.69, 9.17) is 4.74 Å². The van der Waals surface area contributed by atoms with E-state index in [0.29, 0.717) is 12.6 Å². The van der Waals surface area contributed by atoms with Crippen LogP contribution in [0.2, 0.25) is 0 Å². The van der Waals surface area contributed by atoms with Crippen molar-refractivity contribution in [2.75, 3.05) is 27.4 Å². The quantitative estimate of drug-likeness (QED) is 0.487. The van der Waals surface area contributed by atoms with Gasteiger partial charge in [-0.25, -0.2) is 4.79 Å². The smallest absolute Gasteiger partial charge is 0.331 e. The molecule has 1 atom stereocenters.